The molecule has 0 aliphatic heterocycles. The summed E-state index contributed by atoms with van der Waals surface area (Å²) in [6.07, 6.45) is 2.60. The number of methoxy groups -OCH3 is 1. The van der Waals surface area contributed by atoms with Crippen molar-refractivity contribution >= 4 is 5.97 Å². The minimum Gasteiger partial charge on any atom is -0.469 e. The first-order valence-corrected chi connectivity index (χ1v) is 7.17. The predicted molar refractivity (Wildman–Crippen MR) is 77.3 cm³/mol. The number of carbonyl (C=O) groups excluding carboxylic acids is 1. The maximum atomic E-state index is 11.3. The van der Waals surface area contributed by atoms with Crippen molar-refractivity contribution in [3.8, 4) is 0 Å². The summed E-state index contributed by atoms with van der Waals surface area (Å²) in [4.78, 5) is 11.3. The lowest BCUT2D eigenvalue weighted by Crippen LogP contribution is -2.37. The van der Waals surface area contributed by atoms with Gasteiger partial charge in [0.2, 0.25) is 0 Å². The van der Waals surface area contributed by atoms with Crippen molar-refractivity contribution < 1.29 is 14.6 Å². The van der Waals surface area contributed by atoms with Crippen molar-refractivity contribution in [3.05, 3.63) is 35.4 Å². The van der Waals surface area contributed by atoms with E-state index in [1.165, 1.54) is 12.7 Å². The molecule has 2 atom stereocenters. The largest absolute Gasteiger partial charge is 0.469 e. The molecule has 0 aromatic heterocycles. The summed E-state index contributed by atoms with van der Waals surface area (Å²) < 4.78 is 4.67. The summed E-state index contributed by atoms with van der Waals surface area (Å²) in [5.41, 5.74) is 2.06. The van der Waals surface area contributed by atoms with E-state index in [2.05, 4.69) is 10.1 Å². The van der Waals surface area contributed by atoms with E-state index in [4.69, 9.17) is 0 Å². The number of rotatable bonds is 7. The molecule has 0 bridgehead atoms. The van der Waals surface area contributed by atoms with E-state index in [0.29, 0.717) is 18.9 Å². The maximum Gasteiger partial charge on any atom is 0.305 e. The van der Waals surface area contributed by atoms with E-state index >= 15 is 0 Å². The Hall–Kier alpha value is -1.39. The van der Waals surface area contributed by atoms with Gasteiger partial charge < -0.3 is 15.2 Å². The molecule has 2 N–H and O–H groups in total. The van der Waals surface area contributed by atoms with E-state index in [0.717, 1.165) is 18.4 Å². The maximum absolute atomic E-state index is 11.3. The Balaban J connectivity index is 2.00. The Bertz CT molecular complexity index is 440. The molecule has 4 nitrogen and oxygen atoms in total. The Morgan fingerprint density at radius 2 is 2.05 bits per heavy atom. The molecule has 0 radical (unpaired) electrons. The van der Waals surface area contributed by atoms with Crippen LogP contribution in [0, 0.1) is 6.92 Å². The molecule has 1 fully saturated rings. The summed E-state index contributed by atoms with van der Waals surface area (Å²) in [5.74, 6) is -0.233. The highest BCUT2D eigenvalue weighted by Gasteiger charge is 2.29. The topological polar surface area (TPSA) is 58.6 Å². The zero-order valence-corrected chi connectivity index (χ0v) is 12.1. The van der Waals surface area contributed by atoms with Gasteiger partial charge in [0.05, 0.1) is 13.2 Å². The van der Waals surface area contributed by atoms with E-state index in [9.17, 15) is 9.90 Å². The molecule has 1 aromatic carbocycles. The van der Waals surface area contributed by atoms with Crippen LogP contribution in [0.5, 0.6) is 0 Å². The van der Waals surface area contributed by atoms with Crippen LogP contribution >= 0.6 is 0 Å². The highest BCUT2D eigenvalue weighted by molar-refractivity contribution is 5.69. The molecule has 1 saturated carbocycles. The second-order valence-electron chi connectivity index (χ2n) is 5.52. The number of aliphatic hydroxyl groups is 1. The molecule has 2 unspecified atom stereocenters. The Morgan fingerprint density at radius 3 is 2.60 bits per heavy atom. The van der Waals surface area contributed by atoms with Crippen molar-refractivity contribution in [2.45, 2.75) is 50.8 Å². The lowest BCUT2D eigenvalue weighted by molar-refractivity contribution is -0.141. The van der Waals surface area contributed by atoms with E-state index in [1.807, 2.05) is 31.2 Å². The van der Waals surface area contributed by atoms with Crippen LogP contribution < -0.4 is 5.32 Å². The lowest BCUT2D eigenvalue weighted by Gasteiger charge is -2.24. The van der Waals surface area contributed by atoms with Crippen LogP contribution in [0.2, 0.25) is 0 Å². The van der Waals surface area contributed by atoms with Gasteiger partial charge in [0.1, 0.15) is 0 Å². The lowest BCUT2D eigenvalue weighted by atomic mass is 9.97. The first-order valence-electron chi connectivity index (χ1n) is 7.17. The molecule has 1 aliphatic rings. The number of carbonyl (C=O) groups is 1. The number of nitrogens with one attached hydrogen (secondary N) is 1. The standard InChI is InChI=1S/C16H23NO3/c1-11-3-5-12(6-4-11)16(19)14(17-13-7-8-13)9-10-15(18)20-2/h3-6,13-14,16-17,19H,7-10H2,1-2H3. The van der Waals surface area contributed by atoms with Gasteiger partial charge in [-0.3, -0.25) is 4.79 Å². The minimum atomic E-state index is -0.596. The van der Waals surface area contributed by atoms with Crippen molar-refractivity contribution in [1.82, 2.24) is 5.32 Å². The predicted octanol–water partition coefficient (Wildman–Crippen LogP) is 2.10. The first kappa shape index (κ1) is 15.0. The number of aryl methyl sites for hydroxylation is 1. The summed E-state index contributed by atoms with van der Waals surface area (Å²) in [5, 5.41) is 13.9. The summed E-state index contributed by atoms with van der Waals surface area (Å²) in [6, 6.07) is 8.25. The first-order chi connectivity index (χ1) is 9.60. The van der Waals surface area contributed by atoms with Gasteiger partial charge >= 0.3 is 5.97 Å². The van der Waals surface area contributed by atoms with Crippen LogP contribution in [0.4, 0.5) is 0 Å². The van der Waals surface area contributed by atoms with Gasteiger partial charge in [-0.1, -0.05) is 29.8 Å². The SMILES string of the molecule is COC(=O)CCC(NC1CC1)C(O)c1ccc(C)cc1. The molecule has 0 spiro atoms. The third-order valence-electron chi connectivity index (χ3n) is 3.71. The fourth-order valence-corrected chi connectivity index (χ4v) is 2.26. The van der Waals surface area contributed by atoms with E-state index in [1.54, 1.807) is 0 Å². The molecule has 4 heteroatoms. The summed E-state index contributed by atoms with van der Waals surface area (Å²) in [7, 11) is 1.39. The third-order valence-corrected chi connectivity index (χ3v) is 3.71. The average Bonchev–Trinajstić information content (AvgIpc) is 3.27. The Labute approximate surface area is 120 Å². The van der Waals surface area contributed by atoms with Crippen LogP contribution in [0.1, 0.15) is 42.9 Å². The number of benzene rings is 1. The zero-order chi connectivity index (χ0) is 14.5. The fourth-order valence-electron chi connectivity index (χ4n) is 2.26. The fraction of sp³-hybridized carbons (Fsp3) is 0.562. The van der Waals surface area contributed by atoms with Crippen molar-refractivity contribution in [3.63, 3.8) is 0 Å². The molecule has 110 valence electrons. The molecule has 2 rings (SSSR count). The highest BCUT2D eigenvalue weighted by atomic mass is 16.5. The molecular formula is C16H23NO3. The van der Waals surface area contributed by atoms with Crippen LogP contribution in [0.25, 0.3) is 0 Å². The van der Waals surface area contributed by atoms with Gasteiger partial charge in [0.25, 0.3) is 0 Å². The molecular weight excluding hydrogens is 254 g/mol. The molecule has 1 aliphatic carbocycles. The van der Waals surface area contributed by atoms with Crippen LogP contribution in [-0.4, -0.2) is 30.3 Å². The summed E-state index contributed by atoms with van der Waals surface area (Å²) >= 11 is 0. The Morgan fingerprint density at radius 1 is 1.40 bits per heavy atom. The van der Waals surface area contributed by atoms with Gasteiger partial charge in [0, 0.05) is 18.5 Å². The van der Waals surface area contributed by atoms with Crippen molar-refractivity contribution in [1.29, 1.82) is 0 Å². The number of hydrogen-bond acceptors (Lipinski definition) is 4. The van der Waals surface area contributed by atoms with Crippen molar-refractivity contribution in [2.75, 3.05) is 7.11 Å². The highest BCUT2D eigenvalue weighted by Crippen LogP contribution is 2.26. The molecule has 20 heavy (non-hydrogen) atoms. The van der Waals surface area contributed by atoms with E-state index < -0.39 is 6.10 Å². The molecule has 0 amide bonds. The second kappa shape index (κ2) is 6.86. The normalized spacial score (nSPS) is 17.6. The number of hydrogen-bond donors (Lipinski definition) is 2. The van der Waals surface area contributed by atoms with Gasteiger partial charge in [0.15, 0.2) is 0 Å². The Kier molecular flexibility index (Phi) is 5.15. The van der Waals surface area contributed by atoms with Crippen molar-refractivity contribution in [2.24, 2.45) is 0 Å². The minimum absolute atomic E-state index is 0.107. The van der Waals surface area contributed by atoms with Crippen LogP contribution in [0.3, 0.4) is 0 Å². The second-order valence-corrected chi connectivity index (χ2v) is 5.52. The van der Waals surface area contributed by atoms with Gasteiger partial charge in [-0.15, -0.1) is 0 Å². The molecule has 0 saturated heterocycles. The van der Waals surface area contributed by atoms with Crippen LogP contribution in [0.15, 0.2) is 24.3 Å². The van der Waals surface area contributed by atoms with Gasteiger partial charge in [-0.05, 0) is 31.7 Å². The van der Waals surface area contributed by atoms with Gasteiger partial charge in [-0.2, -0.15) is 0 Å². The number of ether oxygens (including phenoxy) is 1. The summed E-state index contributed by atoms with van der Waals surface area (Å²) in [6.45, 7) is 2.02. The molecule has 1 aromatic rings. The number of esters is 1. The monoisotopic (exact) mass is 277 g/mol. The van der Waals surface area contributed by atoms with E-state index in [-0.39, 0.29) is 12.0 Å². The third kappa shape index (κ3) is 4.32. The quantitative estimate of drug-likeness (QED) is 0.749. The zero-order valence-electron chi connectivity index (χ0n) is 12.1. The smallest absolute Gasteiger partial charge is 0.305 e. The molecule has 0 heterocycles. The number of aliphatic hydroxyl groups excluding tert-OH is 1. The average molecular weight is 277 g/mol. The van der Waals surface area contributed by atoms with Gasteiger partial charge in [-0.25, -0.2) is 0 Å². The van der Waals surface area contributed by atoms with Crippen LogP contribution in [-0.2, 0) is 9.53 Å².